The summed E-state index contributed by atoms with van der Waals surface area (Å²) in [5.41, 5.74) is 4.29. The molecular formula is C24H34ClN5O. The van der Waals surface area contributed by atoms with Crippen LogP contribution in [0.15, 0.2) is 24.3 Å². The van der Waals surface area contributed by atoms with E-state index in [1.54, 1.807) is 0 Å². The maximum Gasteiger partial charge on any atom is 0.274 e. The lowest BCUT2D eigenvalue weighted by molar-refractivity contribution is 0.0656. The molecule has 1 aromatic heterocycles. The highest BCUT2D eigenvalue weighted by Crippen LogP contribution is 2.27. The molecule has 1 amide bonds. The number of hydrogen-bond acceptors (Lipinski definition) is 4. The van der Waals surface area contributed by atoms with E-state index in [1.165, 1.54) is 16.8 Å². The van der Waals surface area contributed by atoms with Crippen molar-refractivity contribution in [1.29, 1.82) is 0 Å². The first-order valence-corrected chi connectivity index (χ1v) is 12.0. The van der Waals surface area contributed by atoms with Gasteiger partial charge in [-0.1, -0.05) is 36.7 Å². The van der Waals surface area contributed by atoms with Gasteiger partial charge < -0.3 is 15.1 Å². The van der Waals surface area contributed by atoms with Gasteiger partial charge in [-0.15, -0.1) is 0 Å². The Kier molecular flexibility index (Phi) is 7.31. The Morgan fingerprint density at radius 3 is 2.74 bits per heavy atom. The topological polar surface area (TPSA) is 53.4 Å². The SMILES string of the molecule is CCCn1nc(C(=O)N2CCN(C)CC2)c2c1CCC(NCCc1ccccc1Cl)C2. The van der Waals surface area contributed by atoms with Crippen LogP contribution in [0.3, 0.4) is 0 Å². The van der Waals surface area contributed by atoms with Crippen molar-refractivity contribution < 1.29 is 4.79 Å². The Bertz CT molecular complexity index is 903. The number of benzene rings is 1. The quantitative estimate of drug-likeness (QED) is 0.714. The van der Waals surface area contributed by atoms with Gasteiger partial charge in [-0.2, -0.15) is 5.10 Å². The second-order valence-electron chi connectivity index (χ2n) is 8.83. The molecule has 2 heterocycles. The third-order valence-corrected chi connectivity index (χ3v) is 6.93. The molecule has 1 aromatic carbocycles. The Labute approximate surface area is 190 Å². The fourth-order valence-electron chi connectivity index (χ4n) is 4.70. The second kappa shape index (κ2) is 10.2. The van der Waals surface area contributed by atoms with Crippen molar-refractivity contribution in [3.8, 4) is 0 Å². The molecule has 0 radical (unpaired) electrons. The number of carbonyl (C=O) groups is 1. The van der Waals surface area contributed by atoms with Crippen molar-refractivity contribution >= 4 is 17.5 Å². The summed E-state index contributed by atoms with van der Waals surface area (Å²) >= 11 is 6.30. The molecule has 1 unspecified atom stereocenters. The number of likely N-dealkylation sites (N-methyl/N-ethyl adjacent to an activating group) is 1. The molecule has 31 heavy (non-hydrogen) atoms. The molecule has 7 heteroatoms. The van der Waals surface area contributed by atoms with Gasteiger partial charge in [0.1, 0.15) is 0 Å². The molecule has 0 saturated carbocycles. The van der Waals surface area contributed by atoms with Crippen molar-refractivity contribution in [3.05, 3.63) is 51.8 Å². The number of aromatic nitrogens is 2. The van der Waals surface area contributed by atoms with Gasteiger partial charge in [0.2, 0.25) is 0 Å². The summed E-state index contributed by atoms with van der Waals surface area (Å²) in [7, 11) is 2.11. The number of halogens is 1. The molecule has 6 nitrogen and oxygen atoms in total. The normalized spacial score (nSPS) is 19.5. The summed E-state index contributed by atoms with van der Waals surface area (Å²) in [5, 5.41) is 9.35. The maximum absolute atomic E-state index is 13.3. The monoisotopic (exact) mass is 443 g/mol. The summed E-state index contributed by atoms with van der Waals surface area (Å²) in [5.74, 6) is 0.107. The van der Waals surface area contributed by atoms with Gasteiger partial charge in [0.05, 0.1) is 0 Å². The van der Waals surface area contributed by atoms with Crippen molar-refractivity contribution in [2.45, 2.75) is 51.6 Å². The number of nitrogens with zero attached hydrogens (tertiary/aromatic N) is 4. The first kappa shape index (κ1) is 22.3. The number of hydrogen-bond donors (Lipinski definition) is 1. The zero-order valence-corrected chi connectivity index (χ0v) is 19.5. The zero-order valence-electron chi connectivity index (χ0n) is 18.7. The minimum atomic E-state index is 0.107. The first-order valence-electron chi connectivity index (χ1n) is 11.6. The summed E-state index contributed by atoms with van der Waals surface area (Å²) in [4.78, 5) is 17.6. The van der Waals surface area contributed by atoms with Crippen LogP contribution in [0.2, 0.25) is 5.02 Å². The van der Waals surface area contributed by atoms with E-state index in [1.807, 2.05) is 23.1 Å². The number of nitrogens with one attached hydrogen (secondary N) is 1. The van der Waals surface area contributed by atoms with E-state index in [2.05, 4.69) is 34.9 Å². The molecule has 1 aliphatic carbocycles. The average Bonchev–Trinajstić information content (AvgIpc) is 3.13. The van der Waals surface area contributed by atoms with E-state index in [4.69, 9.17) is 16.7 Å². The van der Waals surface area contributed by atoms with Gasteiger partial charge >= 0.3 is 0 Å². The number of carbonyl (C=O) groups excluding carboxylic acids is 1. The predicted octanol–water partition coefficient (Wildman–Crippen LogP) is 3.02. The van der Waals surface area contributed by atoms with Crippen LogP contribution in [0, 0.1) is 0 Å². The highest BCUT2D eigenvalue weighted by atomic mass is 35.5. The molecule has 1 atom stereocenters. The van der Waals surface area contributed by atoms with E-state index in [0.717, 1.165) is 76.4 Å². The van der Waals surface area contributed by atoms with Gasteiger partial charge in [-0.3, -0.25) is 9.48 Å². The third-order valence-electron chi connectivity index (χ3n) is 6.56. The highest BCUT2D eigenvalue weighted by molar-refractivity contribution is 6.31. The summed E-state index contributed by atoms with van der Waals surface area (Å²) < 4.78 is 2.10. The Balaban J connectivity index is 1.45. The Hall–Kier alpha value is -1.89. The van der Waals surface area contributed by atoms with E-state index < -0.39 is 0 Å². The number of amides is 1. The first-order chi connectivity index (χ1) is 15.1. The molecule has 1 saturated heterocycles. The van der Waals surface area contributed by atoms with Crippen molar-refractivity contribution in [1.82, 2.24) is 24.9 Å². The van der Waals surface area contributed by atoms with Crippen LogP contribution >= 0.6 is 11.6 Å². The van der Waals surface area contributed by atoms with E-state index in [0.29, 0.717) is 11.7 Å². The van der Waals surface area contributed by atoms with Crippen LogP contribution in [0.25, 0.3) is 0 Å². The molecule has 0 spiro atoms. The van der Waals surface area contributed by atoms with Gasteiger partial charge in [0, 0.05) is 55.0 Å². The Morgan fingerprint density at radius 1 is 1.23 bits per heavy atom. The molecular weight excluding hydrogens is 410 g/mol. The van der Waals surface area contributed by atoms with Crippen molar-refractivity contribution in [2.75, 3.05) is 39.8 Å². The standard InChI is InChI=1S/C24H34ClN5O/c1-3-12-30-22-9-8-19(26-11-10-18-6-4-5-7-21(18)25)17-20(22)23(27-30)24(31)29-15-13-28(2)14-16-29/h4-7,19,26H,3,8-17H2,1-2H3. The van der Waals surface area contributed by atoms with Crippen molar-refractivity contribution in [3.63, 3.8) is 0 Å². The fraction of sp³-hybridized carbons (Fsp3) is 0.583. The minimum absolute atomic E-state index is 0.107. The minimum Gasteiger partial charge on any atom is -0.335 e. The van der Waals surface area contributed by atoms with Gasteiger partial charge in [0.15, 0.2) is 5.69 Å². The van der Waals surface area contributed by atoms with Crippen LogP contribution in [0.4, 0.5) is 0 Å². The highest BCUT2D eigenvalue weighted by Gasteiger charge is 2.31. The van der Waals surface area contributed by atoms with Crippen LogP contribution in [0.5, 0.6) is 0 Å². The lowest BCUT2D eigenvalue weighted by Crippen LogP contribution is -2.47. The van der Waals surface area contributed by atoms with Crippen LogP contribution in [-0.4, -0.2) is 71.3 Å². The smallest absolute Gasteiger partial charge is 0.274 e. The zero-order chi connectivity index (χ0) is 21.8. The van der Waals surface area contributed by atoms with Gasteiger partial charge in [-0.25, -0.2) is 0 Å². The number of rotatable bonds is 7. The van der Waals surface area contributed by atoms with E-state index in [-0.39, 0.29) is 5.91 Å². The summed E-state index contributed by atoms with van der Waals surface area (Å²) in [6.07, 6.45) is 4.85. The van der Waals surface area contributed by atoms with Gasteiger partial charge in [-0.05, 0) is 57.3 Å². The van der Waals surface area contributed by atoms with E-state index >= 15 is 0 Å². The van der Waals surface area contributed by atoms with Crippen LogP contribution < -0.4 is 5.32 Å². The predicted molar refractivity (Wildman–Crippen MR) is 125 cm³/mol. The lowest BCUT2D eigenvalue weighted by Gasteiger charge is -2.32. The molecule has 1 N–H and O–H groups in total. The molecule has 2 aliphatic rings. The van der Waals surface area contributed by atoms with Gasteiger partial charge in [0.25, 0.3) is 5.91 Å². The Morgan fingerprint density at radius 2 is 2.00 bits per heavy atom. The number of aryl methyl sites for hydroxylation is 1. The molecule has 2 aromatic rings. The average molecular weight is 444 g/mol. The van der Waals surface area contributed by atoms with E-state index in [9.17, 15) is 4.79 Å². The largest absolute Gasteiger partial charge is 0.335 e. The second-order valence-corrected chi connectivity index (χ2v) is 9.23. The van der Waals surface area contributed by atoms with Crippen LogP contribution in [0.1, 0.15) is 47.1 Å². The number of fused-ring (bicyclic) bond motifs is 1. The third kappa shape index (κ3) is 5.13. The molecule has 0 bridgehead atoms. The summed E-state index contributed by atoms with van der Waals surface area (Å²) in [6, 6.07) is 8.40. The molecule has 1 aliphatic heterocycles. The molecule has 168 valence electrons. The maximum atomic E-state index is 13.3. The van der Waals surface area contributed by atoms with Crippen LogP contribution in [-0.2, 0) is 25.8 Å². The van der Waals surface area contributed by atoms with Crippen molar-refractivity contribution in [2.24, 2.45) is 0 Å². The summed E-state index contributed by atoms with van der Waals surface area (Å²) in [6.45, 7) is 7.34. The molecule has 1 fully saturated rings. The molecule has 4 rings (SSSR count). The fourth-order valence-corrected chi connectivity index (χ4v) is 4.93. The lowest BCUT2D eigenvalue weighted by atomic mass is 9.90. The number of piperazine rings is 1.